The summed E-state index contributed by atoms with van der Waals surface area (Å²) in [5, 5.41) is 13.7. The molecule has 0 aliphatic rings. The van der Waals surface area contributed by atoms with E-state index in [1.54, 1.807) is 52.0 Å². The second kappa shape index (κ2) is 11.9. The molecule has 1 rings (SSSR count). The summed E-state index contributed by atoms with van der Waals surface area (Å²) in [5.74, 6) is 0.420. The number of nitro groups is 1. The van der Waals surface area contributed by atoms with Gasteiger partial charge in [-0.25, -0.2) is 5.09 Å². The highest BCUT2D eigenvalue weighted by Crippen LogP contribution is 2.39. The maximum Gasteiger partial charge on any atom is 0.382 e. The van der Waals surface area contributed by atoms with E-state index in [0.717, 1.165) is 0 Å². The third-order valence-electron chi connectivity index (χ3n) is 3.11. The summed E-state index contributed by atoms with van der Waals surface area (Å²) in [5.41, 5.74) is -0.0532. The van der Waals surface area contributed by atoms with E-state index >= 15 is 0 Å². The number of ether oxygens (including phenoxy) is 1. The summed E-state index contributed by atoms with van der Waals surface area (Å²) in [6, 6.07) is 4.89. The molecule has 0 aliphatic carbocycles. The van der Waals surface area contributed by atoms with Crippen molar-refractivity contribution in [1.29, 1.82) is 0 Å². The lowest BCUT2D eigenvalue weighted by Crippen LogP contribution is -2.34. The van der Waals surface area contributed by atoms with Crippen LogP contribution < -0.4 is 9.61 Å². The third-order valence-corrected chi connectivity index (χ3v) is 4.46. The first-order valence-corrected chi connectivity index (χ1v) is 9.77. The molecule has 0 bridgehead atoms. The van der Waals surface area contributed by atoms with E-state index in [-0.39, 0.29) is 11.8 Å². The normalized spacial score (nSPS) is 13.8. The molecule has 1 aromatic rings. The van der Waals surface area contributed by atoms with E-state index < -0.39 is 25.5 Å². The molecule has 0 aliphatic heterocycles. The number of carbonyl (C=O) groups is 1. The monoisotopic (exact) mass is 408 g/mol. The number of nitrogens with one attached hydrogen (secondary N) is 1. The van der Waals surface area contributed by atoms with Gasteiger partial charge in [0.05, 0.1) is 11.0 Å². The maximum absolute atomic E-state index is 12.1. The summed E-state index contributed by atoms with van der Waals surface area (Å²) in [6.45, 7) is 10.6. The number of esters is 1. The Bertz CT molecular complexity index is 730. The first kappa shape index (κ1) is 23.3. The minimum absolute atomic E-state index is 0.0532. The summed E-state index contributed by atoms with van der Waals surface area (Å²) >= 11 is 0. The first-order chi connectivity index (χ1) is 13.3. The Kier molecular flexibility index (Phi) is 9.92. The molecule has 28 heavy (non-hydrogen) atoms. The highest BCUT2D eigenvalue weighted by Gasteiger charge is 2.25. The molecule has 2 unspecified atom stereocenters. The molecular weight excluding hydrogens is 383 g/mol. The van der Waals surface area contributed by atoms with Gasteiger partial charge < -0.3 is 13.8 Å². The van der Waals surface area contributed by atoms with Gasteiger partial charge in [-0.05, 0) is 52.0 Å². The number of nitrogens with zero attached hydrogens (tertiary/aromatic N) is 1. The zero-order chi connectivity index (χ0) is 21.1. The second-order valence-electron chi connectivity index (χ2n) is 5.81. The van der Waals surface area contributed by atoms with Gasteiger partial charge in [0.15, 0.2) is 0 Å². The fraction of sp³-hybridized carbons (Fsp3) is 0.316. The van der Waals surface area contributed by atoms with Crippen molar-refractivity contribution < 1.29 is 23.5 Å². The lowest BCUT2D eigenvalue weighted by molar-refractivity contribution is -0.384. The van der Waals surface area contributed by atoms with Crippen LogP contribution in [0, 0.1) is 10.1 Å². The Morgan fingerprint density at radius 1 is 1.29 bits per heavy atom. The molecule has 0 spiro atoms. The number of carbonyl (C=O) groups excluding carboxylic acids is 1. The van der Waals surface area contributed by atoms with E-state index in [1.807, 2.05) is 0 Å². The van der Waals surface area contributed by atoms with Crippen molar-refractivity contribution in [1.82, 2.24) is 5.09 Å². The minimum Gasteiger partial charge on any atom is -0.462 e. The SMILES string of the molecule is C=C/C=C\C(=C/C)OP(NC(C)C(=O)OC(C)C)Oc1ccc([N+](=O)[O-])cc1. The molecule has 0 radical (unpaired) electrons. The predicted molar refractivity (Wildman–Crippen MR) is 109 cm³/mol. The topological polar surface area (TPSA) is 99.9 Å². The quantitative estimate of drug-likeness (QED) is 0.140. The third kappa shape index (κ3) is 8.33. The van der Waals surface area contributed by atoms with Crippen molar-refractivity contribution in [3.05, 3.63) is 71.0 Å². The van der Waals surface area contributed by atoms with Gasteiger partial charge in [0.2, 0.25) is 0 Å². The Morgan fingerprint density at radius 2 is 1.93 bits per heavy atom. The zero-order valence-corrected chi connectivity index (χ0v) is 17.2. The first-order valence-electron chi connectivity index (χ1n) is 8.59. The molecule has 8 nitrogen and oxygen atoms in total. The number of nitro benzene ring substituents is 1. The van der Waals surface area contributed by atoms with Crippen molar-refractivity contribution >= 4 is 20.2 Å². The van der Waals surface area contributed by atoms with Crippen molar-refractivity contribution in [3.8, 4) is 5.75 Å². The van der Waals surface area contributed by atoms with Crippen molar-refractivity contribution in [2.75, 3.05) is 0 Å². The molecule has 0 saturated carbocycles. The molecule has 0 aromatic heterocycles. The minimum atomic E-state index is -1.80. The van der Waals surface area contributed by atoms with Gasteiger partial charge >= 0.3 is 14.5 Å². The summed E-state index contributed by atoms with van der Waals surface area (Å²) < 4.78 is 16.8. The molecule has 0 heterocycles. The van der Waals surface area contributed by atoms with Crippen LogP contribution in [-0.2, 0) is 14.1 Å². The van der Waals surface area contributed by atoms with Crippen molar-refractivity contribution in [2.45, 2.75) is 39.8 Å². The van der Waals surface area contributed by atoms with Crippen LogP contribution in [0.4, 0.5) is 5.69 Å². The molecule has 9 heteroatoms. The van der Waals surface area contributed by atoms with E-state index in [2.05, 4.69) is 11.7 Å². The fourth-order valence-electron chi connectivity index (χ4n) is 1.78. The van der Waals surface area contributed by atoms with Gasteiger partial charge in [-0.3, -0.25) is 14.9 Å². The highest BCUT2D eigenvalue weighted by atomic mass is 31.2. The summed E-state index contributed by atoms with van der Waals surface area (Å²) in [6.07, 6.45) is 6.47. The van der Waals surface area contributed by atoms with Gasteiger partial charge in [0.1, 0.15) is 17.6 Å². The van der Waals surface area contributed by atoms with E-state index in [1.165, 1.54) is 24.3 Å². The molecule has 0 saturated heterocycles. The molecule has 2 atom stereocenters. The standard InChI is InChI=1S/C19H25N2O6P/c1-6-8-9-17(7-2)26-28(20-15(5)19(22)25-14(3)4)27-18-12-10-16(11-13-18)21(23)24/h6-15,20H,1H2,2-5H3/b9-8-,17-7+. The van der Waals surface area contributed by atoms with Crippen LogP contribution >= 0.6 is 8.53 Å². The Balaban J connectivity index is 2.95. The van der Waals surface area contributed by atoms with Crippen LogP contribution in [0.2, 0.25) is 0 Å². The van der Waals surface area contributed by atoms with E-state index in [4.69, 9.17) is 13.8 Å². The largest absolute Gasteiger partial charge is 0.462 e. The predicted octanol–water partition coefficient (Wildman–Crippen LogP) is 4.79. The summed E-state index contributed by atoms with van der Waals surface area (Å²) in [4.78, 5) is 22.4. The number of allylic oxidation sites excluding steroid dienone is 4. The second-order valence-corrected chi connectivity index (χ2v) is 6.95. The van der Waals surface area contributed by atoms with Crippen LogP contribution in [-0.4, -0.2) is 23.0 Å². The van der Waals surface area contributed by atoms with Gasteiger partial charge in [-0.2, -0.15) is 0 Å². The molecule has 152 valence electrons. The van der Waals surface area contributed by atoms with Crippen LogP contribution in [0.1, 0.15) is 27.7 Å². The number of benzene rings is 1. The Hall–Kier alpha value is -2.70. The number of hydrogen-bond acceptors (Lipinski definition) is 7. The maximum atomic E-state index is 12.1. The molecule has 0 amide bonds. The number of rotatable bonds is 11. The molecule has 1 N–H and O–H groups in total. The zero-order valence-electron chi connectivity index (χ0n) is 16.3. The average molecular weight is 408 g/mol. The van der Waals surface area contributed by atoms with Gasteiger partial charge in [0, 0.05) is 12.1 Å². The lowest BCUT2D eigenvalue weighted by Gasteiger charge is -2.22. The number of hydrogen-bond donors (Lipinski definition) is 1. The Morgan fingerprint density at radius 3 is 2.43 bits per heavy atom. The van der Waals surface area contributed by atoms with Crippen LogP contribution in [0.15, 0.2) is 60.9 Å². The molecule has 0 fully saturated rings. The average Bonchev–Trinajstić information content (AvgIpc) is 2.64. The number of non-ortho nitro benzene ring substituents is 1. The molecule has 1 aromatic carbocycles. The van der Waals surface area contributed by atoms with Crippen molar-refractivity contribution in [2.24, 2.45) is 0 Å². The molecular formula is C19H25N2O6P. The fourth-order valence-corrected chi connectivity index (χ4v) is 3.01. The lowest BCUT2D eigenvalue weighted by atomic mass is 10.3. The van der Waals surface area contributed by atoms with Crippen molar-refractivity contribution in [3.63, 3.8) is 0 Å². The van der Waals surface area contributed by atoms with Gasteiger partial charge in [-0.1, -0.05) is 18.7 Å². The highest BCUT2D eigenvalue weighted by molar-refractivity contribution is 7.45. The van der Waals surface area contributed by atoms with Crippen LogP contribution in [0.25, 0.3) is 0 Å². The summed E-state index contributed by atoms with van der Waals surface area (Å²) in [7, 11) is -1.80. The van der Waals surface area contributed by atoms with Gasteiger partial charge in [0.25, 0.3) is 5.69 Å². The smallest absolute Gasteiger partial charge is 0.382 e. The van der Waals surface area contributed by atoms with E-state index in [0.29, 0.717) is 11.5 Å². The van der Waals surface area contributed by atoms with Crippen LogP contribution in [0.3, 0.4) is 0 Å². The van der Waals surface area contributed by atoms with Gasteiger partial charge in [-0.15, -0.1) is 0 Å². The Labute approximate surface area is 166 Å². The van der Waals surface area contributed by atoms with Crippen LogP contribution in [0.5, 0.6) is 5.75 Å². The van der Waals surface area contributed by atoms with E-state index in [9.17, 15) is 14.9 Å².